The van der Waals surface area contributed by atoms with Gasteiger partial charge in [0.05, 0.1) is 5.69 Å². The van der Waals surface area contributed by atoms with Gasteiger partial charge in [0.25, 0.3) is 5.91 Å². The Labute approximate surface area is 124 Å². The van der Waals surface area contributed by atoms with Crippen molar-refractivity contribution in [2.24, 2.45) is 5.73 Å². The van der Waals surface area contributed by atoms with E-state index in [1.165, 1.54) is 4.90 Å². The Morgan fingerprint density at radius 2 is 2.29 bits per heavy atom. The number of hydrogen-bond donors (Lipinski definition) is 2. The fourth-order valence-corrected chi connectivity index (χ4v) is 2.14. The Bertz CT molecular complexity index is 543. The summed E-state index contributed by atoms with van der Waals surface area (Å²) in [6.07, 6.45) is 0.855. The topological polar surface area (TPSA) is 84.7 Å². The Morgan fingerprint density at radius 3 is 2.95 bits per heavy atom. The summed E-state index contributed by atoms with van der Waals surface area (Å²) < 4.78 is 5.40. The van der Waals surface area contributed by atoms with Crippen LogP contribution in [0.3, 0.4) is 0 Å². The molecular weight excluding hydrogens is 270 g/mol. The van der Waals surface area contributed by atoms with E-state index in [-0.39, 0.29) is 31.0 Å². The van der Waals surface area contributed by atoms with Crippen molar-refractivity contribution in [2.45, 2.75) is 26.3 Å². The van der Waals surface area contributed by atoms with Gasteiger partial charge in [0, 0.05) is 12.6 Å². The first-order chi connectivity index (χ1) is 10.0. The molecule has 0 saturated heterocycles. The van der Waals surface area contributed by atoms with Crippen LogP contribution in [0.25, 0.3) is 0 Å². The maximum atomic E-state index is 12.0. The first-order valence-electron chi connectivity index (χ1n) is 7.12. The van der Waals surface area contributed by atoms with Crippen LogP contribution in [0.1, 0.15) is 31.9 Å². The molecule has 1 aromatic rings. The normalized spacial score (nSPS) is 15.2. The number of nitrogens with one attached hydrogen (secondary N) is 1. The number of amides is 2. The van der Waals surface area contributed by atoms with Crippen LogP contribution >= 0.6 is 0 Å². The summed E-state index contributed by atoms with van der Waals surface area (Å²) in [5.74, 6) is 0.197. The number of anilines is 1. The minimum absolute atomic E-state index is 0.00238. The fourth-order valence-electron chi connectivity index (χ4n) is 2.14. The lowest BCUT2D eigenvalue weighted by atomic mass is 10.1. The third kappa shape index (κ3) is 3.52. The van der Waals surface area contributed by atoms with Crippen LogP contribution in [-0.4, -0.2) is 31.5 Å². The molecule has 0 saturated carbocycles. The van der Waals surface area contributed by atoms with Gasteiger partial charge < -0.3 is 15.8 Å². The van der Waals surface area contributed by atoms with Gasteiger partial charge >= 0.3 is 0 Å². The van der Waals surface area contributed by atoms with E-state index in [4.69, 9.17) is 10.5 Å². The Morgan fingerprint density at radius 1 is 1.52 bits per heavy atom. The first kappa shape index (κ1) is 15.3. The van der Waals surface area contributed by atoms with Crippen molar-refractivity contribution in [3.8, 4) is 5.75 Å². The monoisotopic (exact) mass is 291 g/mol. The zero-order valence-electron chi connectivity index (χ0n) is 12.4. The van der Waals surface area contributed by atoms with Gasteiger partial charge in [0.1, 0.15) is 12.3 Å². The molecular formula is C15H21N3O3. The number of fused-ring (bicyclic) bond motifs is 1. The lowest BCUT2D eigenvalue weighted by molar-refractivity contribution is -0.125. The summed E-state index contributed by atoms with van der Waals surface area (Å²) in [6, 6.07) is 5.32. The summed E-state index contributed by atoms with van der Waals surface area (Å²) >= 11 is 0. The average Bonchev–Trinajstić information content (AvgIpc) is 2.47. The number of carbonyl (C=O) groups excluding carboxylic acids is 2. The van der Waals surface area contributed by atoms with E-state index >= 15 is 0 Å². The fraction of sp³-hybridized carbons (Fsp3) is 0.467. The predicted molar refractivity (Wildman–Crippen MR) is 80.2 cm³/mol. The van der Waals surface area contributed by atoms with Crippen molar-refractivity contribution < 1.29 is 14.3 Å². The number of carbonyl (C=O) groups is 2. The number of nitrogens with zero attached hydrogens (tertiary/aromatic N) is 1. The van der Waals surface area contributed by atoms with E-state index in [2.05, 4.69) is 5.32 Å². The molecule has 1 atom stereocenters. The zero-order valence-corrected chi connectivity index (χ0v) is 12.4. The summed E-state index contributed by atoms with van der Waals surface area (Å²) in [6.45, 7) is 4.39. The van der Waals surface area contributed by atoms with E-state index in [1.54, 1.807) is 6.07 Å². The van der Waals surface area contributed by atoms with Crippen molar-refractivity contribution in [1.82, 2.24) is 5.32 Å². The summed E-state index contributed by atoms with van der Waals surface area (Å²) in [5.41, 5.74) is 7.37. The summed E-state index contributed by atoms with van der Waals surface area (Å²) in [4.78, 5) is 25.4. The van der Waals surface area contributed by atoms with Gasteiger partial charge in [-0.1, -0.05) is 13.0 Å². The highest BCUT2D eigenvalue weighted by atomic mass is 16.5. The molecule has 6 heteroatoms. The molecule has 0 aliphatic carbocycles. The van der Waals surface area contributed by atoms with Crippen molar-refractivity contribution in [3.05, 3.63) is 23.8 Å². The molecule has 0 aromatic heterocycles. The van der Waals surface area contributed by atoms with Crippen LogP contribution in [0, 0.1) is 0 Å². The van der Waals surface area contributed by atoms with E-state index in [0.717, 1.165) is 12.0 Å². The van der Waals surface area contributed by atoms with Crippen LogP contribution in [0.2, 0.25) is 0 Å². The molecule has 3 N–H and O–H groups in total. The van der Waals surface area contributed by atoms with Gasteiger partial charge in [-0.05, 0) is 31.0 Å². The Hall–Kier alpha value is -2.08. The molecule has 1 aromatic carbocycles. The molecule has 2 rings (SSSR count). The van der Waals surface area contributed by atoms with Crippen molar-refractivity contribution >= 4 is 17.5 Å². The third-order valence-corrected chi connectivity index (χ3v) is 3.33. The summed E-state index contributed by atoms with van der Waals surface area (Å²) in [5, 5.41) is 2.77. The lowest BCUT2D eigenvalue weighted by Gasteiger charge is -2.29. The molecule has 0 spiro atoms. The lowest BCUT2D eigenvalue weighted by Crippen LogP contribution is -2.45. The SMILES string of the molecule is CCCNC(=O)CN1C(=O)COc2ccc(C(C)N)cc21. The number of nitrogens with two attached hydrogens (primary N) is 1. The van der Waals surface area contributed by atoms with Crippen molar-refractivity contribution in [1.29, 1.82) is 0 Å². The van der Waals surface area contributed by atoms with Gasteiger partial charge in [0.2, 0.25) is 5.91 Å². The summed E-state index contributed by atoms with van der Waals surface area (Å²) in [7, 11) is 0. The van der Waals surface area contributed by atoms with E-state index in [0.29, 0.717) is 18.0 Å². The standard InChI is InChI=1S/C15H21N3O3/c1-3-6-17-14(19)8-18-12-7-11(10(2)16)4-5-13(12)21-9-15(18)20/h4-5,7,10H,3,6,8-9,16H2,1-2H3,(H,17,19). The molecule has 1 aliphatic rings. The molecule has 114 valence electrons. The van der Waals surface area contributed by atoms with Crippen molar-refractivity contribution in [2.75, 3.05) is 24.6 Å². The average molecular weight is 291 g/mol. The molecule has 0 fully saturated rings. The maximum absolute atomic E-state index is 12.0. The van der Waals surface area contributed by atoms with Crippen LogP contribution in [0.5, 0.6) is 5.75 Å². The largest absolute Gasteiger partial charge is 0.482 e. The molecule has 0 bridgehead atoms. The predicted octanol–water partition coefficient (Wildman–Crippen LogP) is 0.958. The molecule has 0 radical (unpaired) electrons. The van der Waals surface area contributed by atoms with Gasteiger partial charge in [0.15, 0.2) is 6.61 Å². The van der Waals surface area contributed by atoms with Crippen LogP contribution < -0.4 is 20.7 Å². The minimum Gasteiger partial charge on any atom is -0.482 e. The Kier molecular flexibility index (Phi) is 4.80. The number of rotatable bonds is 5. The van der Waals surface area contributed by atoms with Crippen LogP contribution in [0.4, 0.5) is 5.69 Å². The van der Waals surface area contributed by atoms with Gasteiger partial charge in [-0.3, -0.25) is 14.5 Å². The van der Waals surface area contributed by atoms with E-state index < -0.39 is 0 Å². The Balaban J connectivity index is 2.24. The van der Waals surface area contributed by atoms with E-state index in [1.807, 2.05) is 26.0 Å². The molecule has 21 heavy (non-hydrogen) atoms. The highest BCUT2D eigenvalue weighted by molar-refractivity contribution is 6.02. The second-order valence-electron chi connectivity index (χ2n) is 5.13. The zero-order chi connectivity index (χ0) is 15.4. The highest BCUT2D eigenvalue weighted by Crippen LogP contribution is 2.33. The number of hydrogen-bond acceptors (Lipinski definition) is 4. The third-order valence-electron chi connectivity index (χ3n) is 3.33. The number of benzene rings is 1. The second kappa shape index (κ2) is 6.58. The van der Waals surface area contributed by atoms with Crippen molar-refractivity contribution in [3.63, 3.8) is 0 Å². The number of ether oxygens (including phenoxy) is 1. The quantitative estimate of drug-likeness (QED) is 0.846. The van der Waals surface area contributed by atoms with Gasteiger partial charge in [-0.15, -0.1) is 0 Å². The molecule has 1 heterocycles. The molecule has 2 amide bonds. The van der Waals surface area contributed by atoms with Crippen LogP contribution in [-0.2, 0) is 9.59 Å². The highest BCUT2D eigenvalue weighted by Gasteiger charge is 2.27. The molecule has 1 unspecified atom stereocenters. The minimum atomic E-state index is -0.226. The van der Waals surface area contributed by atoms with Gasteiger partial charge in [-0.25, -0.2) is 0 Å². The van der Waals surface area contributed by atoms with Crippen LogP contribution in [0.15, 0.2) is 18.2 Å². The maximum Gasteiger partial charge on any atom is 0.265 e. The smallest absolute Gasteiger partial charge is 0.265 e. The second-order valence-corrected chi connectivity index (χ2v) is 5.13. The molecule has 6 nitrogen and oxygen atoms in total. The van der Waals surface area contributed by atoms with E-state index in [9.17, 15) is 9.59 Å². The van der Waals surface area contributed by atoms with Gasteiger partial charge in [-0.2, -0.15) is 0 Å². The first-order valence-corrected chi connectivity index (χ1v) is 7.12. The molecule has 1 aliphatic heterocycles.